The minimum absolute atomic E-state index is 0.230. The lowest BCUT2D eigenvalue weighted by Gasteiger charge is -2.35. The van der Waals surface area contributed by atoms with E-state index in [0.717, 1.165) is 39.4 Å². The molecule has 1 aliphatic heterocycles. The SMILES string of the molecule is [2H]C([2H])([2H])N1CN(c2cccc(C3(c4ccc5c6ccccc6n(-c6cc(C(C)C)ccn6)c5c4)c4ccccc4-c4ccccc43)c2)c2ccccc21. The average molecular weight is 662 g/mol. The molecule has 0 spiro atoms. The monoisotopic (exact) mass is 661 g/mol. The van der Waals surface area contributed by atoms with E-state index in [1.807, 2.05) is 30.5 Å². The summed E-state index contributed by atoms with van der Waals surface area (Å²) < 4.78 is 27.3. The van der Waals surface area contributed by atoms with Crippen molar-refractivity contribution in [3.8, 4) is 16.9 Å². The molecule has 0 bridgehead atoms. The molecule has 51 heavy (non-hydrogen) atoms. The molecule has 0 N–H and O–H groups in total. The second-order valence-electron chi connectivity index (χ2n) is 14.1. The van der Waals surface area contributed by atoms with Crippen LogP contribution in [-0.2, 0) is 5.41 Å². The van der Waals surface area contributed by atoms with E-state index in [1.165, 1.54) is 43.5 Å². The fraction of sp³-hybridized carbons (Fsp3) is 0.128. The molecule has 0 saturated heterocycles. The molecule has 8 aromatic rings. The van der Waals surface area contributed by atoms with Crippen molar-refractivity contribution in [3.63, 3.8) is 0 Å². The molecule has 1 aliphatic carbocycles. The van der Waals surface area contributed by atoms with E-state index in [9.17, 15) is 0 Å². The number of pyridine rings is 1. The molecule has 0 atom stereocenters. The third-order valence-corrected chi connectivity index (χ3v) is 11.1. The van der Waals surface area contributed by atoms with Gasteiger partial charge in [0.1, 0.15) is 5.82 Å². The summed E-state index contributed by atoms with van der Waals surface area (Å²) in [5.74, 6) is 1.27. The van der Waals surface area contributed by atoms with Gasteiger partial charge in [-0.3, -0.25) is 4.57 Å². The number of para-hydroxylation sites is 3. The summed E-state index contributed by atoms with van der Waals surface area (Å²) in [5, 5.41) is 2.36. The van der Waals surface area contributed by atoms with E-state index in [4.69, 9.17) is 9.10 Å². The van der Waals surface area contributed by atoms with Crippen molar-refractivity contribution in [2.24, 2.45) is 0 Å². The van der Waals surface area contributed by atoms with Gasteiger partial charge in [0.15, 0.2) is 0 Å². The molecule has 0 amide bonds. The summed E-state index contributed by atoms with van der Waals surface area (Å²) in [6.45, 7) is 2.40. The van der Waals surface area contributed by atoms with Crippen LogP contribution in [0.3, 0.4) is 0 Å². The van der Waals surface area contributed by atoms with Gasteiger partial charge in [-0.25, -0.2) is 4.98 Å². The number of aromatic nitrogens is 2. The molecule has 6 aromatic carbocycles. The molecule has 0 radical (unpaired) electrons. The first kappa shape index (κ1) is 26.7. The Morgan fingerprint density at radius 2 is 1.31 bits per heavy atom. The largest absolute Gasteiger partial charge is 0.355 e. The van der Waals surface area contributed by atoms with Crippen LogP contribution in [-0.4, -0.2) is 23.2 Å². The Balaban J connectivity index is 1.26. The molecule has 2 aliphatic rings. The normalized spacial score (nSPS) is 15.5. The maximum Gasteiger partial charge on any atom is 0.137 e. The van der Waals surface area contributed by atoms with Gasteiger partial charge in [0.05, 0.1) is 34.5 Å². The van der Waals surface area contributed by atoms with Gasteiger partial charge >= 0.3 is 0 Å². The predicted molar refractivity (Wildman–Crippen MR) is 212 cm³/mol. The van der Waals surface area contributed by atoms with Crippen LogP contribution >= 0.6 is 0 Å². The first-order valence-electron chi connectivity index (χ1n) is 19.2. The van der Waals surface area contributed by atoms with E-state index >= 15 is 0 Å². The Hall–Kier alpha value is -6.13. The summed E-state index contributed by atoms with van der Waals surface area (Å²) >= 11 is 0. The van der Waals surface area contributed by atoms with Gasteiger partial charge in [0.25, 0.3) is 0 Å². The highest BCUT2D eigenvalue weighted by molar-refractivity contribution is 6.09. The van der Waals surface area contributed by atoms with Crippen LogP contribution in [0.25, 0.3) is 38.8 Å². The average Bonchev–Trinajstić information content (AvgIpc) is 3.85. The van der Waals surface area contributed by atoms with Crippen molar-refractivity contribution in [1.29, 1.82) is 0 Å². The number of rotatable bonds is 5. The zero-order valence-electron chi connectivity index (χ0n) is 31.6. The van der Waals surface area contributed by atoms with Crippen LogP contribution in [0, 0.1) is 0 Å². The number of fused-ring (bicyclic) bond motifs is 7. The molecule has 0 unspecified atom stereocenters. The minimum Gasteiger partial charge on any atom is -0.355 e. The van der Waals surface area contributed by atoms with Crippen LogP contribution < -0.4 is 9.80 Å². The van der Waals surface area contributed by atoms with Gasteiger partial charge in [0.2, 0.25) is 0 Å². The van der Waals surface area contributed by atoms with Crippen molar-refractivity contribution >= 4 is 38.9 Å². The van der Waals surface area contributed by atoms with Crippen LogP contribution in [0.5, 0.6) is 0 Å². The number of nitrogens with zero attached hydrogens (tertiary/aromatic N) is 4. The summed E-state index contributed by atoms with van der Waals surface area (Å²) in [6, 6.07) is 54.0. The van der Waals surface area contributed by atoms with Crippen LogP contribution in [0.4, 0.5) is 17.1 Å². The number of hydrogen-bond donors (Lipinski definition) is 0. The Bertz CT molecular complexity index is 2720. The maximum atomic E-state index is 8.34. The third kappa shape index (κ3) is 4.23. The van der Waals surface area contributed by atoms with Crippen molar-refractivity contribution in [2.75, 3.05) is 23.4 Å². The molecular formula is C47H38N4. The summed E-state index contributed by atoms with van der Waals surface area (Å²) in [4.78, 5) is 8.59. The number of hydrogen-bond acceptors (Lipinski definition) is 3. The van der Waals surface area contributed by atoms with Gasteiger partial charge in [0, 0.05) is 33.7 Å². The fourth-order valence-electron chi connectivity index (χ4n) is 8.73. The van der Waals surface area contributed by atoms with Gasteiger partial charge in [-0.15, -0.1) is 0 Å². The topological polar surface area (TPSA) is 24.3 Å². The zero-order chi connectivity index (χ0) is 36.8. The molecule has 4 heteroatoms. The Morgan fingerprint density at radius 1 is 0.627 bits per heavy atom. The highest BCUT2D eigenvalue weighted by Gasteiger charge is 2.46. The molecule has 0 fully saturated rings. The van der Waals surface area contributed by atoms with Gasteiger partial charge in [-0.05, 0) is 93.4 Å². The van der Waals surface area contributed by atoms with Gasteiger partial charge in [-0.1, -0.05) is 117 Å². The Morgan fingerprint density at radius 3 is 2.10 bits per heavy atom. The Labute approximate surface area is 303 Å². The van der Waals surface area contributed by atoms with E-state index in [0.29, 0.717) is 11.6 Å². The van der Waals surface area contributed by atoms with E-state index < -0.39 is 12.4 Å². The van der Waals surface area contributed by atoms with Crippen LogP contribution in [0.1, 0.15) is 51.7 Å². The zero-order valence-corrected chi connectivity index (χ0v) is 28.6. The van der Waals surface area contributed by atoms with Crippen LogP contribution in [0.15, 0.2) is 158 Å². The lowest BCUT2D eigenvalue weighted by molar-refractivity contribution is 0.768. The molecule has 246 valence electrons. The van der Waals surface area contributed by atoms with Crippen molar-refractivity contribution in [3.05, 3.63) is 186 Å². The summed E-state index contributed by atoms with van der Waals surface area (Å²) in [7, 11) is 0. The number of anilines is 3. The molecule has 10 rings (SSSR count). The highest BCUT2D eigenvalue weighted by atomic mass is 15.4. The second kappa shape index (κ2) is 11.2. The van der Waals surface area contributed by atoms with Gasteiger partial charge < -0.3 is 9.80 Å². The van der Waals surface area contributed by atoms with Crippen molar-refractivity contribution in [2.45, 2.75) is 25.2 Å². The predicted octanol–water partition coefficient (Wildman–Crippen LogP) is 11.2. The van der Waals surface area contributed by atoms with Crippen LogP contribution in [0.2, 0.25) is 0 Å². The smallest absolute Gasteiger partial charge is 0.137 e. The van der Waals surface area contributed by atoms with Crippen molar-refractivity contribution in [1.82, 2.24) is 9.55 Å². The maximum absolute atomic E-state index is 8.34. The van der Waals surface area contributed by atoms with Gasteiger partial charge in [-0.2, -0.15) is 0 Å². The Kier molecular flexibility index (Phi) is 5.86. The molecule has 0 saturated carbocycles. The molecule has 2 aromatic heterocycles. The molecular weight excluding hydrogens is 621 g/mol. The lowest BCUT2D eigenvalue weighted by Crippen LogP contribution is -2.29. The first-order valence-corrected chi connectivity index (χ1v) is 17.7. The molecule has 3 heterocycles. The molecule has 4 nitrogen and oxygen atoms in total. The first-order chi connectivity index (χ1) is 26.2. The summed E-state index contributed by atoms with van der Waals surface area (Å²) in [6.07, 6.45) is 1.93. The highest BCUT2D eigenvalue weighted by Crippen LogP contribution is 2.57. The van der Waals surface area contributed by atoms with E-state index in [-0.39, 0.29) is 6.67 Å². The van der Waals surface area contributed by atoms with E-state index in [2.05, 4.69) is 151 Å². The minimum atomic E-state index is -2.27. The van der Waals surface area contributed by atoms with Crippen molar-refractivity contribution < 1.29 is 4.11 Å². The van der Waals surface area contributed by atoms with E-state index in [1.54, 1.807) is 0 Å². The lowest BCUT2D eigenvalue weighted by atomic mass is 9.67. The quantitative estimate of drug-likeness (QED) is 0.183. The fourth-order valence-corrected chi connectivity index (χ4v) is 8.73. The number of benzene rings is 6. The third-order valence-electron chi connectivity index (χ3n) is 11.1. The standard InChI is InChI=1S/C47H38N4/c1-31(2)32-25-26-48-46(27-32)51-42-20-9-6-17-38(42)39-24-23-34(29-45(39)51)47(40-18-7-4-15-36(40)37-16-5-8-19-41(37)47)33-13-12-14-35(28-33)50-30-49(3)43-21-10-11-22-44(43)50/h4-29,31H,30H2,1-3H3/i3D3. The second-order valence-corrected chi connectivity index (χ2v) is 14.1. The summed E-state index contributed by atoms with van der Waals surface area (Å²) in [5.41, 5.74) is 12.5.